The first-order valence-electron chi connectivity index (χ1n) is 9.96. The molecule has 2 aromatic rings. The Morgan fingerprint density at radius 3 is 2.63 bits per heavy atom. The zero-order valence-electron chi connectivity index (χ0n) is 17.3. The Kier molecular flexibility index (Phi) is 6.99. The number of rotatable bonds is 6. The van der Waals surface area contributed by atoms with Gasteiger partial charge in [0.05, 0.1) is 31.4 Å². The highest BCUT2D eigenvalue weighted by Gasteiger charge is 2.31. The molecule has 1 saturated heterocycles. The predicted octanol–water partition coefficient (Wildman–Crippen LogP) is 3.21. The molecule has 9 heteroatoms. The Bertz CT molecular complexity index is 950. The molecule has 1 atom stereocenters. The highest BCUT2D eigenvalue weighted by Crippen LogP contribution is 2.31. The van der Waals surface area contributed by atoms with Crippen LogP contribution in [0.1, 0.15) is 37.2 Å². The van der Waals surface area contributed by atoms with Crippen LogP contribution in [0.5, 0.6) is 0 Å². The predicted molar refractivity (Wildman–Crippen MR) is 114 cm³/mol. The van der Waals surface area contributed by atoms with E-state index in [0.717, 1.165) is 0 Å². The van der Waals surface area contributed by atoms with Gasteiger partial charge in [-0.05, 0) is 58.0 Å². The second kappa shape index (κ2) is 9.49. The molecule has 1 aliphatic heterocycles. The van der Waals surface area contributed by atoms with Crippen molar-refractivity contribution in [1.29, 1.82) is 0 Å². The molecule has 1 unspecified atom stereocenters. The average molecular weight is 436 g/mol. The molecule has 1 aromatic heterocycles. The maximum atomic E-state index is 13.0. The Balaban J connectivity index is 1.74. The summed E-state index contributed by atoms with van der Waals surface area (Å²) < 4.78 is 9.94. The summed E-state index contributed by atoms with van der Waals surface area (Å²) in [5, 5.41) is 3.98. The van der Waals surface area contributed by atoms with Crippen LogP contribution in [0.15, 0.2) is 18.2 Å². The summed E-state index contributed by atoms with van der Waals surface area (Å²) >= 11 is 6.11. The minimum atomic E-state index is -0.583. The SMILES string of the molecule is CCOC(=O)C1CCN(C(C)C(=O)Nc2c(C(=O)OC)[nH]c3ccc(Cl)cc23)CC1. The van der Waals surface area contributed by atoms with Gasteiger partial charge in [0.1, 0.15) is 5.69 Å². The summed E-state index contributed by atoms with van der Waals surface area (Å²) in [6, 6.07) is 4.68. The van der Waals surface area contributed by atoms with Crippen LogP contribution in [0.3, 0.4) is 0 Å². The minimum absolute atomic E-state index is 0.127. The zero-order chi connectivity index (χ0) is 21.8. The third-order valence-corrected chi connectivity index (χ3v) is 5.71. The molecular formula is C21H26ClN3O5. The molecule has 1 amide bonds. The van der Waals surface area contributed by atoms with Gasteiger partial charge in [-0.1, -0.05) is 11.6 Å². The van der Waals surface area contributed by atoms with E-state index in [9.17, 15) is 14.4 Å². The summed E-state index contributed by atoms with van der Waals surface area (Å²) in [5.74, 6) is -1.14. The number of hydrogen-bond donors (Lipinski definition) is 2. The van der Waals surface area contributed by atoms with Gasteiger partial charge in [-0.15, -0.1) is 0 Å². The number of nitrogens with zero attached hydrogens (tertiary/aromatic N) is 1. The summed E-state index contributed by atoms with van der Waals surface area (Å²) in [6.45, 7) is 5.19. The van der Waals surface area contributed by atoms with Crippen LogP contribution in [-0.4, -0.2) is 60.6 Å². The van der Waals surface area contributed by atoms with E-state index in [-0.39, 0.29) is 23.5 Å². The van der Waals surface area contributed by atoms with Gasteiger partial charge in [0.15, 0.2) is 0 Å². The molecule has 1 fully saturated rings. The fourth-order valence-electron chi connectivity index (χ4n) is 3.73. The summed E-state index contributed by atoms with van der Waals surface area (Å²) in [6.07, 6.45) is 1.29. The van der Waals surface area contributed by atoms with Gasteiger partial charge in [-0.2, -0.15) is 0 Å². The fourth-order valence-corrected chi connectivity index (χ4v) is 3.90. The molecule has 30 heavy (non-hydrogen) atoms. The molecule has 2 heterocycles. The van der Waals surface area contributed by atoms with Crippen LogP contribution in [-0.2, 0) is 19.1 Å². The summed E-state index contributed by atoms with van der Waals surface area (Å²) in [7, 11) is 1.28. The Hall–Kier alpha value is -2.58. The second-order valence-corrected chi connectivity index (χ2v) is 7.72. The normalized spacial score (nSPS) is 16.3. The quantitative estimate of drug-likeness (QED) is 0.676. The van der Waals surface area contributed by atoms with Crippen molar-refractivity contribution in [1.82, 2.24) is 9.88 Å². The van der Waals surface area contributed by atoms with E-state index in [0.29, 0.717) is 54.2 Å². The van der Waals surface area contributed by atoms with Crippen LogP contribution < -0.4 is 5.32 Å². The lowest BCUT2D eigenvalue weighted by Crippen LogP contribution is -2.47. The van der Waals surface area contributed by atoms with Gasteiger partial charge in [0.2, 0.25) is 5.91 Å². The maximum Gasteiger partial charge on any atom is 0.356 e. The molecule has 162 valence electrons. The Labute approximate surface area is 179 Å². The van der Waals surface area contributed by atoms with E-state index in [2.05, 4.69) is 10.3 Å². The molecule has 0 spiro atoms. The molecule has 8 nitrogen and oxygen atoms in total. The van der Waals surface area contributed by atoms with Gasteiger partial charge in [0.25, 0.3) is 0 Å². The summed E-state index contributed by atoms with van der Waals surface area (Å²) in [4.78, 5) is 42.1. The number of piperidine rings is 1. The first-order chi connectivity index (χ1) is 14.3. The number of aromatic nitrogens is 1. The second-order valence-electron chi connectivity index (χ2n) is 7.28. The van der Waals surface area contributed by atoms with Crippen LogP contribution in [0.25, 0.3) is 10.9 Å². The third kappa shape index (κ3) is 4.60. The van der Waals surface area contributed by atoms with E-state index in [1.807, 2.05) is 4.90 Å². The number of halogens is 1. The molecule has 3 rings (SSSR count). The zero-order valence-corrected chi connectivity index (χ0v) is 18.0. The van der Waals surface area contributed by atoms with Crippen molar-refractivity contribution in [3.63, 3.8) is 0 Å². The summed E-state index contributed by atoms with van der Waals surface area (Å²) in [5.41, 5.74) is 1.17. The van der Waals surface area contributed by atoms with Crippen molar-refractivity contribution in [2.75, 3.05) is 32.1 Å². The molecule has 1 aliphatic rings. The number of methoxy groups -OCH3 is 1. The van der Waals surface area contributed by atoms with Crippen LogP contribution >= 0.6 is 11.6 Å². The number of hydrogen-bond acceptors (Lipinski definition) is 6. The lowest BCUT2D eigenvalue weighted by Gasteiger charge is -2.34. The van der Waals surface area contributed by atoms with E-state index < -0.39 is 12.0 Å². The van der Waals surface area contributed by atoms with E-state index in [1.54, 1.807) is 32.0 Å². The average Bonchev–Trinajstić information content (AvgIpc) is 3.10. The van der Waals surface area contributed by atoms with E-state index >= 15 is 0 Å². The molecule has 1 aromatic carbocycles. The number of H-pyrrole nitrogens is 1. The maximum absolute atomic E-state index is 13.0. The molecular weight excluding hydrogens is 410 g/mol. The van der Waals surface area contributed by atoms with Gasteiger partial charge < -0.3 is 19.8 Å². The number of fused-ring (bicyclic) bond motifs is 1. The van der Waals surface area contributed by atoms with Crippen LogP contribution in [0.4, 0.5) is 5.69 Å². The van der Waals surface area contributed by atoms with Crippen molar-refractivity contribution >= 4 is 46.0 Å². The highest BCUT2D eigenvalue weighted by atomic mass is 35.5. The van der Waals surface area contributed by atoms with Gasteiger partial charge in [-0.3, -0.25) is 14.5 Å². The van der Waals surface area contributed by atoms with Crippen molar-refractivity contribution in [3.05, 3.63) is 28.9 Å². The number of likely N-dealkylation sites (tertiary alicyclic amines) is 1. The Morgan fingerprint density at radius 2 is 2.00 bits per heavy atom. The van der Waals surface area contributed by atoms with Gasteiger partial charge >= 0.3 is 11.9 Å². The standard InChI is InChI=1S/C21H26ClN3O5/c1-4-30-20(27)13-7-9-25(10-8-13)12(2)19(26)24-17-15-11-14(22)5-6-16(15)23-18(17)21(28)29-3/h5-6,11-13,23H,4,7-10H2,1-3H3,(H,24,26). The number of esters is 2. The van der Waals surface area contributed by atoms with Crippen molar-refractivity contribution < 1.29 is 23.9 Å². The smallest absolute Gasteiger partial charge is 0.356 e. The first kappa shape index (κ1) is 22.1. The molecule has 0 aliphatic carbocycles. The van der Waals surface area contributed by atoms with Crippen molar-refractivity contribution in [3.8, 4) is 0 Å². The van der Waals surface area contributed by atoms with E-state index in [1.165, 1.54) is 7.11 Å². The molecule has 0 bridgehead atoms. The highest BCUT2D eigenvalue weighted by molar-refractivity contribution is 6.31. The van der Waals surface area contributed by atoms with Crippen molar-refractivity contribution in [2.45, 2.75) is 32.7 Å². The number of carbonyl (C=O) groups excluding carboxylic acids is 3. The monoisotopic (exact) mass is 435 g/mol. The topological polar surface area (TPSA) is 101 Å². The number of benzene rings is 1. The van der Waals surface area contributed by atoms with Crippen molar-refractivity contribution in [2.24, 2.45) is 5.92 Å². The minimum Gasteiger partial charge on any atom is -0.466 e. The van der Waals surface area contributed by atoms with Gasteiger partial charge in [-0.25, -0.2) is 4.79 Å². The van der Waals surface area contributed by atoms with Crippen LogP contribution in [0.2, 0.25) is 5.02 Å². The number of carbonyl (C=O) groups is 3. The molecule has 0 saturated carbocycles. The van der Waals surface area contributed by atoms with E-state index in [4.69, 9.17) is 21.1 Å². The van der Waals surface area contributed by atoms with Crippen LogP contribution in [0, 0.1) is 5.92 Å². The fraction of sp³-hybridized carbons (Fsp3) is 0.476. The lowest BCUT2D eigenvalue weighted by molar-refractivity contribution is -0.149. The number of aromatic amines is 1. The van der Waals surface area contributed by atoms with Gasteiger partial charge in [0, 0.05) is 15.9 Å². The lowest BCUT2D eigenvalue weighted by atomic mass is 9.96. The number of amides is 1. The molecule has 0 radical (unpaired) electrons. The number of nitrogens with one attached hydrogen (secondary N) is 2. The number of anilines is 1. The number of ether oxygens (including phenoxy) is 2. The third-order valence-electron chi connectivity index (χ3n) is 5.47. The molecule has 2 N–H and O–H groups in total. The Morgan fingerprint density at radius 1 is 1.30 bits per heavy atom. The largest absolute Gasteiger partial charge is 0.466 e. The first-order valence-corrected chi connectivity index (χ1v) is 10.3.